The largest absolute Gasteiger partial charge is 0.345 e. The van der Waals surface area contributed by atoms with Gasteiger partial charge < -0.3 is 4.90 Å². The van der Waals surface area contributed by atoms with E-state index in [9.17, 15) is 14.4 Å². The lowest BCUT2D eigenvalue weighted by atomic mass is 10.3. The molecular weight excluding hydrogens is 236 g/mol. The summed E-state index contributed by atoms with van der Waals surface area (Å²) in [4.78, 5) is 37.0. The van der Waals surface area contributed by atoms with E-state index in [1.807, 2.05) is 6.07 Å². The third kappa shape index (κ3) is 4.51. The van der Waals surface area contributed by atoms with Crippen LogP contribution in [0.25, 0.3) is 0 Å². The molecular formula is C11H16N4O3. The smallest absolute Gasteiger partial charge is 0.240 e. The summed E-state index contributed by atoms with van der Waals surface area (Å²) in [6.07, 6.45) is 0.537. The Labute approximate surface area is 105 Å². The molecule has 0 bridgehead atoms. The Bertz CT molecular complexity index is 372. The fourth-order valence-corrected chi connectivity index (χ4v) is 1.64. The lowest BCUT2D eigenvalue weighted by Crippen LogP contribution is -2.52. The molecule has 1 fully saturated rings. The van der Waals surface area contributed by atoms with Crippen molar-refractivity contribution in [2.45, 2.75) is 12.8 Å². The maximum absolute atomic E-state index is 11.7. The molecule has 7 heteroatoms. The van der Waals surface area contributed by atoms with Gasteiger partial charge in [0.05, 0.1) is 25.6 Å². The van der Waals surface area contributed by atoms with E-state index in [1.165, 1.54) is 4.90 Å². The highest BCUT2D eigenvalue weighted by Gasteiger charge is 2.22. The van der Waals surface area contributed by atoms with Gasteiger partial charge in [-0.25, -0.2) is 0 Å². The summed E-state index contributed by atoms with van der Waals surface area (Å²) < 4.78 is 0. The summed E-state index contributed by atoms with van der Waals surface area (Å²) in [5.74, 6) is -0.767. The number of rotatable bonds is 5. The summed E-state index contributed by atoms with van der Waals surface area (Å²) in [7, 11) is 1.63. The maximum Gasteiger partial charge on any atom is 0.240 e. The molecule has 18 heavy (non-hydrogen) atoms. The predicted molar refractivity (Wildman–Crippen MR) is 62.1 cm³/mol. The van der Waals surface area contributed by atoms with E-state index in [-0.39, 0.29) is 37.2 Å². The van der Waals surface area contributed by atoms with Gasteiger partial charge in [-0.05, 0) is 0 Å². The first-order valence-corrected chi connectivity index (χ1v) is 5.69. The van der Waals surface area contributed by atoms with E-state index in [0.717, 1.165) is 0 Å². The average Bonchev–Trinajstić information content (AvgIpc) is 2.31. The molecule has 1 aliphatic heterocycles. The highest BCUT2D eigenvalue weighted by Crippen LogP contribution is 1.99. The van der Waals surface area contributed by atoms with Gasteiger partial charge in [-0.1, -0.05) is 0 Å². The van der Waals surface area contributed by atoms with Crippen molar-refractivity contribution in [3.8, 4) is 6.07 Å². The minimum atomic E-state index is -0.337. The number of hydrogen-bond donors (Lipinski definition) is 1. The molecule has 0 spiro atoms. The van der Waals surface area contributed by atoms with Crippen LogP contribution >= 0.6 is 0 Å². The molecule has 0 unspecified atom stereocenters. The normalized spacial score (nSPS) is 16.0. The van der Waals surface area contributed by atoms with E-state index in [0.29, 0.717) is 19.5 Å². The van der Waals surface area contributed by atoms with Gasteiger partial charge in [0.15, 0.2) is 0 Å². The van der Waals surface area contributed by atoms with Crippen LogP contribution in [0.5, 0.6) is 0 Å². The van der Waals surface area contributed by atoms with Crippen molar-refractivity contribution >= 4 is 17.7 Å². The third-order valence-electron chi connectivity index (χ3n) is 2.64. The Morgan fingerprint density at radius 3 is 2.61 bits per heavy atom. The van der Waals surface area contributed by atoms with Crippen LogP contribution in [0.15, 0.2) is 0 Å². The molecule has 1 rings (SSSR count). The first-order valence-electron chi connectivity index (χ1n) is 5.69. The van der Waals surface area contributed by atoms with Crippen LogP contribution in [-0.2, 0) is 14.4 Å². The third-order valence-corrected chi connectivity index (χ3v) is 2.64. The van der Waals surface area contributed by atoms with Crippen LogP contribution in [0, 0.1) is 11.3 Å². The minimum absolute atomic E-state index is 0.0938. The molecule has 1 aliphatic rings. The molecule has 7 nitrogen and oxygen atoms in total. The van der Waals surface area contributed by atoms with E-state index >= 15 is 0 Å². The van der Waals surface area contributed by atoms with E-state index < -0.39 is 0 Å². The number of carbonyl (C=O) groups excluding carboxylic acids is 3. The lowest BCUT2D eigenvalue weighted by Gasteiger charge is -2.25. The van der Waals surface area contributed by atoms with Crippen molar-refractivity contribution < 1.29 is 14.4 Å². The summed E-state index contributed by atoms with van der Waals surface area (Å²) in [6, 6.07) is 1.97. The molecule has 98 valence electrons. The lowest BCUT2D eigenvalue weighted by molar-refractivity contribution is -0.137. The molecule has 0 aromatic rings. The summed E-state index contributed by atoms with van der Waals surface area (Å²) in [5.41, 5.74) is 0. The van der Waals surface area contributed by atoms with Gasteiger partial charge >= 0.3 is 0 Å². The second-order valence-electron chi connectivity index (χ2n) is 4.16. The Kier molecular flexibility index (Phi) is 5.27. The quantitative estimate of drug-likeness (QED) is 0.614. The fourth-order valence-electron chi connectivity index (χ4n) is 1.64. The highest BCUT2D eigenvalue weighted by molar-refractivity contribution is 5.99. The second-order valence-corrected chi connectivity index (χ2v) is 4.16. The van der Waals surface area contributed by atoms with Crippen molar-refractivity contribution in [3.05, 3.63) is 0 Å². The highest BCUT2D eigenvalue weighted by atomic mass is 16.2. The predicted octanol–water partition coefficient (Wildman–Crippen LogP) is -1.29. The molecule has 3 amide bonds. The number of hydrogen-bond acceptors (Lipinski definition) is 5. The van der Waals surface area contributed by atoms with Gasteiger partial charge in [0.2, 0.25) is 17.7 Å². The van der Waals surface area contributed by atoms with E-state index in [2.05, 4.69) is 5.32 Å². The van der Waals surface area contributed by atoms with E-state index in [4.69, 9.17) is 5.26 Å². The number of nitriles is 1. The second kappa shape index (κ2) is 6.71. The van der Waals surface area contributed by atoms with Crippen molar-refractivity contribution in [3.63, 3.8) is 0 Å². The maximum atomic E-state index is 11.7. The fraction of sp³-hybridized carbons (Fsp3) is 0.636. The molecule has 0 aromatic heterocycles. The number of nitrogens with zero attached hydrogens (tertiary/aromatic N) is 3. The van der Waals surface area contributed by atoms with Crippen molar-refractivity contribution in [2.24, 2.45) is 0 Å². The number of amides is 3. The molecule has 0 saturated carbocycles. The topological polar surface area (TPSA) is 93.5 Å². The van der Waals surface area contributed by atoms with Crippen LogP contribution < -0.4 is 5.32 Å². The molecule has 0 atom stereocenters. The number of nitrogens with one attached hydrogen (secondary N) is 1. The van der Waals surface area contributed by atoms with Gasteiger partial charge in [0, 0.05) is 26.6 Å². The van der Waals surface area contributed by atoms with Gasteiger partial charge in [-0.3, -0.25) is 24.6 Å². The van der Waals surface area contributed by atoms with E-state index in [1.54, 1.807) is 11.9 Å². The van der Waals surface area contributed by atoms with Crippen molar-refractivity contribution in [2.75, 3.05) is 33.2 Å². The average molecular weight is 252 g/mol. The molecule has 1 saturated heterocycles. The zero-order valence-electron chi connectivity index (χ0n) is 10.3. The summed E-state index contributed by atoms with van der Waals surface area (Å²) >= 11 is 0. The Balaban J connectivity index is 2.31. The zero-order valence-corrected chi connectivity index (χ0v) is 10.3. The SMILES string of the molecule is CN(CCC#N)C(=O)CCN1CC(=O)NC(=O)C1. The Morgan fingerprint density at radius 1 is 1.44 bits per heavy atom. The summed E-state index contributed by atoms with van der Waals surface area (Å²) in [6.45, 7) is 1.05. The molecule has 0 aromatic carbocycles. The zero-order chi connectivity index (χ0) is 13.5. The number of carbonyl (C=O) groups is 3. The van der Waals surface area contributed by atoms with Gasteiger partial charge in [0.1, 0.15) is 0 Å². The monoisotopic (exact) mass is 252 g/mol. The van der Waals surface area contributed by atoms with Crippen LogP contribution in [0.3, 0.4) is 0 Å². The minimum Gasteiger partial charge on any atom is -0.345 e. The van der Waals surface area contributed by atoms with Crippen LogP contribution in [0.1, 0.15) is 12.8 Å². The van der Waals surface area contributed by atoms with Gasteiger partial charge in [-0.15, -0.1) is 0 Å². The first-order chi connectivity index (χ1) is 8.52. The first kappa shape index (κ1) is 14.1. The van der Waals surface area contributed by atoms with Crippen LogP contribution in [-0.4, -0.2) is 60.7 Å². The summed E-state index contributed by atoms with van der Waals surface area (Å²) in [5, 5.41) is 10.6. The van der Waals surface area contributed by atoms with Crippen molar-refractivity contribution in [1.29, 1.82) is 5.26 Å². The number of piperazine rings is 1. The Morgan fingerprint density at radius 2 is 2.06 bits per heavy atom. The molecule has 0 radical (unpaired) electrons. The van der Waals surface area contributed by atoms with Gasteiger partial charge in [0.25, 0.3) is 0 Å². The standard InChI is InChI=1S/C11H16N4O3/c1-14(5-2-4-12)11(18)3-6-15-7-9(16)13-10(17)8-15/h2-3,5-8H2,1H3,(H,13,16,17). The Hall–Kier alpha value is -1.94. The van der Waals surface area contributed by atoms with Crippen LogP contribution in [0.4, 0.5) is 0 Å². The molecule has 1 heterocycles. The molecule has 1 N–H and O–H groups in total. The molecule has 0 aliphatic carbocycles. The van der Waals surface area contributed by atoms with Crippen LogP contribution in [0.2, 0.25) is 0 Å². The van der Waals surface area contributed by atoms with Crippen molar-refractivity contribution in [1.82, 2.24) is 15.1 Å². The number of imide groups is 1. The van der Waals surface area contributed by atoms with Gasteiger partial charge in [-0.2, -0.15) is 5.26 Å².